The molecule has 0 unspecified atom stereocenters. The van der Waals surface area contributed by atoms with Crippen LogP contribution in [0.2, 0.25) is 0 Å². The first-order valence-corrected chi connectivity index (χ1v) is 9.63. The topological polar surface area (TPSA) is 90.0 Å². The molecule has 28 heavy (non-hydrogen) atoms. The van der Waals surface area contributed by atoms with Crippen molar-refractivity contribution in [1.29, 1.82) is 0 Å². The fourth-order valence-corrected chi connectivity index (χ4v) is 3.41. The molecule has 9 heteroatoms. The smallest absolute Gasteiger partial charge is 0.338 e. The molecule has 0 aliphatic rings. The van der Waals surface area contributed by atoms with Gasteiger partial charge >= 0.3 is 5.97 Å². The van der Waals surface area contributed by atoms with Crippen molar-refractivity contribution in [3.05, 3.63) is 59.4 Å². The highest BCUT2D eigenvalue weighted by molar-refractivity contribution is 7.89. The number of rotatable bonds is 7. The minimum atomic E-state index is -3.87. The quantitative estimate of drug-likeness (QED) is 0.516. The van der Waals surface area contributed by atoms with Crippen LogP contribution in [0.5, 0.6) is 5.75 Å². The molecular weight excluding hydrogens is 389 g/mol. The molecule has 0 aliphatic heterocycles. The summed E-state index contributed by atoms with van der Waals surface area (Å²) in [5, 5.41) is 0. The molecule has 0 amide bonds. The molecule has 2 rings (SSSR count). The van der Waals surface area contributed by atoms with Crippen LogP contribution in [0.1, 0.15) is 27.6 Å². The van der Waals surface area contributed by atoms with Crippen molar-refractivity contribution in [2.75, 3.05) is 21.2 Å². The van der Waals surface area contributed by atoms with Crippen molar-refractivity contribution in [2.45, 2.75) is 17.9 Å². The van der Waals surface area contributed by atoms with Gasteiger partial charge in [0.2, 0.25) is 15.8 Å². The van der Waals surface area contributed by atoms with Gasteiger partial charge in [-0.15, -0.1) is 0 Å². The lowest BCUT2D eigenvalue weighted by molar-refractivity contribution is 0.0318. The number of ether oxygens (including phenoxy) is 2. The summed E-state index contributed by atoms with van der Waals surface area (Å²) in [6, 6.07) is 8.64. The van der Waals surface area contributed by atoms with E-state index in [9.17, 15) is 22.4 Å². The molecule has 0 radical (unpaired) electrons. The number of esters is 1. The van der Waals surface area contributed by atoms with Gasteiger partial charge in [0, 0.05) is 19.7 Å². The van der Waals surface area contributed by atoms with Crippen LogP contribution in [0.25, 0.3) is 0 Å². The molecule has 0 aliphatic carbocycles. The molecule has 0 saturated carbocycles. The van der Waals surface area contributed by atoms with E-state index in [1.54, 1.807) is 0 Å². The van der Waals surface area contributed by atoms with Crippen molar-refractivity contribution in [1.82, 2.24) is 4.31 Å². The molecule has 2 aromatic rings. The molecule has 0 aromatic heterocycles. The highest BCUT2D eigenvalue weighted by atomic mass is 32.2. The van der Waals surface area contributed by atoms with Crippen LogP contribution in [0.4, 0.5) is 4.39 Å². The Kier molecular flexibility index (Phi) is 6.52. The van der Waals surface area contributed by atoms with E-state index < -0.39 is 33.7 Å². The summed E-state index contributed by atoms with van der Waals surface area (Å²) >= 11 is 0. The molecule has 2 aromatic carbocycles. The zero-order valence-corrected chi connectivity index (χ0v) is 16.6. The average Bonchev–Trinajstić information content (AvgIpc) is 2.67. The number of ketones is 1. The summed E-state index contributed by atoms with van der Waals surface area (Å²) in [5.41, 5.74) is 0.132. The summed E-state index contributed by atoms with van der Waals surface area (Å²) in [5.74, 6) is -1.81. The van der Waals surface area contributed by atoms with Crippen molar-refractivity contribution in [3.63, 3.8) is 0 Å². The molecule has 150 valence electrons. The van der Waals surface area contributed by atoms with Crippen LogP contribution in [-0.2, 0) is 14.8 Å². The van der Waals surface area contributed by atoms with E-state index in [-0.39, 0.29) is 21.8 Å². The van der Waals surface area contributed by atoms with Crippen LogP contribution in [0.3, 0.4) is 0 Å². The van der Waals surface area contributed by atoms with Gasteiger partial charge in [0.25, 0.3) is 0 Å². The maximum atomic E-state index is 13.0. The molecule has 0 spiro atoms. The van der Waals surface area contributed by atoms with Gasteiger partial charge in [0.15, 0.2) is 6.10 Å². The Labute approximate surface area is 162 Å². The summed E-state index contributed by atoms with van der Waals surface area (Å²) in [6.07, 6.45) is -1.14. The van der Waals surface area contributed by atoms with Gasteiger partial charge in [-0.3, -0.25) is 4.79 Å². The SMILES string of the molecule is COc1ccc(C(=O)O[C@@H](C)C(=O)c2ccc(F)cc2)cc1S(=O)(=O)N(C)C. The number of methoxy groups -OCH3 is 1. The molecule has 7 nitrogen and oxygen atoms in total. The minimum Gasteiger partial charge on any atom is -0.495 e. The second kappa shape index (κ2) is 8.49. The second-order valence-corrected chi connectivity index (χ2v) is 8.19. The van der Waals surface area contributed by atoms with Gasteiger partial charge in [0.1, 0.15) is 16.5 Å². The molecule has 0 saturated heterocycles. The Morgan fingerprint density at radius 3 is 2.14 bits per heavy atom. The normalized spacial score (nSPS) is 12.5. The second-order valence-electron chi connectivity index (χ2n) is 6.07. The lowest BCUT2D eigenvalue weighted by Gasteiger charge is -2.16. The molecule has 0 N–H and O–H groups in total. The number of carbonyl (C=O) groups excluding carboxylic acids is 2. The fraction of sp³-hybridized carbons (Fsp3) is 0.263. The maximum Gasteiger partial charge on any atom is 0.338 e. The highest BCUT2D eigenvalue weighted by Gasteiger charge is 2.26. The van der Waals surface area contributed by atoms with Crippen LogP contribution in [0.15, 0.2) is 47.4 Å². The number of benzene rings is 2. The number of Topliss-reactive ketones (excluding diaryl/α,β-unsaturated/α-hetero) is 1. The molecular formula is C19H20FNO6S. The molecule has 0 bridgehead atoms. The van der Waals surface area contributed by atoms with Crippen molar-refractivity contribution in [3.8, 4) is 5.75 Å². The van der Waals surface area contributed by atoms with Crippen molar-refractivity contribution in [2.24, 2.45) is 0 Å². The van der Waals surface area contributed by atoms with Crippen LogP contribution < -0.4 is 4.74 Å². The zero-order valence-electron chi connectivity index (χ0n) is 15.8. The monoisotopic (exact) mass is 409 g/mol. The zero-order chi connectivity index (χ0) is 21.1. The average molecular weight is 409 g/mol. The molecule has 1 atom stereocenters. The van der Waals surface area contributed by atoms with Crippen molar-refractivity contribution < 1.29 is 31.9 Å². The summed E-state index contributed by atoms with van der Waals surface area (Å²) in [4.78, 5) is 24.5. The number of hydrogen-bond acceptors (Lipinski definition) is 6. The number of nitrogens with zero attached hydrogens (tertiary/aromatic N) is 1. The van der Waals surface area contributed by atoms with Gasteiger partial charge in [-0.1, -0.05) is 0 Å². The standard InChI is InChI=1S/C19H20FNO6S/c1-12(18(22)13-5-8-15(20)9-6-13)27-19(23)14-7-10-16(26-4)17(11-14)28(24,25)21(2)3/h5-12H,1-4H3/t12-/m0/s1. The minimum absolute atomic E-state index is 0.0556. The first-order valence-electron chi connectivity index (χ1n) is 8.19. The van der Waals surface area contributed by atoms with E-state index in [1.165, 1.54) is 52.4 Å². The lowest BCUT2D eigenvalue weighted by Crippen LogP contribution is -2.25. The van der Waals surface area contributed by atoms with Gasteiger partial charge in [-0.2, -0.15) is 0 Å². The van der Waals surface area contributed by atoms with Crippen LogP contribution in [0, 0.1) is 5.82 Å². The predicted molar refractivity (Wildman–Crippen MR) is 99.5 cm³/mol. The highest BCUT2D eigenvalue weighted by Crippen LogP contribution is 2.27. The molecule has 0 fully saturated rings. The Morgan fingerprint density at radius 1 is 1.04 bits per heavy atom. The third-order valence-electron chi connectivity index (χ3n) is 3.94. The summed E-state index contributed by atoms with van der Waals surface area (Å²) in [6.45, 7) is 1.38. The van der Waals surface area contributed by atoms with E-state index in [2.05, 4.69) is 0 Å². The Morgan fingerprint density at radius 2 is 1.61 bits per heavy atom. The first-order chi connectivity index (χ1) is 13.1. The van der Waals surface area contributed by atoms with E-state index in [4.69, 9.17) is 9.47 Å². The van der Waals surface area contributed by atoms with Crippen LogP contribution >= 0.6 is 0 Å². The fourth-order valence-electron chi connectivity index (χ4n) is 2.33. The summed E-state index contributed by atoms with van der Waals surface area (Å²) < 4.78 is 49.1. The lowest BCUT2D eigenvalue weighted by atomic mass is 10.1. The van der Waals surface area contributed by atoms with Gasteiger partial charge in [-0.05, 0) is 49.4 Å². The van der Waals surface area contributed by atoms with E-state index in [0.717, 1.165) is 22.5 Å². The number of sulfonamides is 1. The number of hydrogen-bond donors (Lipinski definition) is 0. The largest absolute Gasteiger partial charge is 0.495 e. The van der Waals surface area contributed by atoms with Crippen LogP contribution in [-0.4, -0.2) is 51.8 Å². The first kappa shape index (κ1) is 21.5. The maximum absolute atomic E-state index is 13.0. The summed E-state index contributed by atoms with van der Waals surface area (Å²) in [7, 11) is 0.142. The van der Waals surface area contributed by atoms with Gasteiger partial charge in [-0.25, -0.2) is 21.9 Å². The van der Waals surface area contributed by atoms with E-state index >= 15 is 0 Å². The number of carbonyl (C=O) groups is 2. The van der Waals surface area contributed by atoms with Gasteiger partial charge in [0.05, 0.1) is 12.7 Å². The molecule has 0 heterocycles. The Balaban J connectivity index is 2.26. The third-order valence-corrected chi connectivity index (χ3v) is 5.78. The number of halogens is 1. The van der Waals surface area contributed by atoms with Crippen molar-refractivity contribution >= 4 is 21.8 Å². The predicted octanol–water partition coefficient (Wildman–Crippen LogP) is 2.51. The van der Waals surface area contributed by atoms with Gasteiger partial charge < -0.3 is 9.47 Å². The Hall–Kier alpha value is -2.78. The third kappa shape index (κ3) is 4.55. The Bertz CT molecular complexity index is 986. The van der Waals surface area contributed by atoms with E-state index in [0.29, 0.717) is 0 Å². The van der Waals surface area contributed by atoms with E-state index in [1.807, 2.05) is 0 Å².